The van der Waals surface area contributed by atoms with Crippen LogP contribution in [0.3, 0.4) is 0 Å². The third-order valence-electron chi connectivity index (χ3n) is 6.14. The lowest BCUT2D eigenvalue weighted by Crippen LogP contribution is -2.46. The number of likely N-dealkylation sites (tertiary alicyclic amines) is 1. The summed E-state index contributed by atoms with van der Waals surface area (Å²) in [6.07, 6.45) is 7.51. The minimum atomic E-state index is -0.147. The van der Waals surface area contributed by atoms with Crippen LogP contribution in [-0.2, 0) is 16.0 Å². The van der Waals surface area contributed by atoms with Gasteiger partial charge in [0.1, 0.15) is 6.54 Å². The molecule has 2 aliphatic rings. The lowest BCUT2D eigenvalue weighted by molar-refractivity contribution is -0.135. The molecule has 170 valence electrons. The van der Waals surface area contributed by atoms with E-state index in [-0.39, 0.29) is 24.4 Å². The Bertz CT molecular complexity index is 773. The molecule has 1 saturated carbocycles. The molecule has 1 aliphatic carbocycles. The zero-order valence-electron chi connectivity index (χ0n) is 19.0. The van der Waals surface area contributed by atoms with Crippen LogP contribution in [-0.4, -0.2) is 54.9 Å². The summed E-state index contributed by atoms with van der Waals surface area (Å²) < 4.78 is 0. The maximum absolute atomic E-state index is 12.8. The summed E-state index contributed by atoms with van der Waals surface area (Å²) in [5.74, 6) is 1.01. The monoisotopic (exact) mass is 427 g/mol. The third kappa shape index (κ3) is 6.97. The standard InChI is InChI=1S/C24H37N5O2/c1-3-18-9-8-12-20(15-18)27-22(30)16-26-24(25-4-2)28-21-13-14-29(17-21)23(31)19-10-6-5-7-11-19/h8-9,12,15,19,21H,3-7,10-11,13-14,16-17H2,1-2H3,(H,27,30)(H2,25,26,28). The Morgan fingerprint density at radius 3 is 2.68 bits per heavy atom. The number of hydrogen-bond donors (Lipinski definition) is 3. The van der Waals surface area contributed by atoms with Crippen LogP contribution < -0.4 is 16.0 Å². The molecule has 2 fully saturated rings. The predicted octanol–water partition coefficient (Wildman–Crippen LogP) is 2.92. The predicted molar refractivity (Wildman–Crippen MR) is 125 cm³/mol. The SMILES string of the molecule is CCNC(=NCC(=O)Nc1cccc(CC)c1)NC1CCN(C(=O)C2CCCCC2)C1. The molecular formula is C24H37N5O2. The fourth-order valence-electron chi connectivity index (χ4n) is 4.42. The molecule has 7 nitrogen and oxygen atoms in total. The van der Waals surface area contributed by atoms with Gasteiger partial charge < -0.3 is 20.9 Å². The van der Waals surface area contributed by atoms with E-state index in [9.17, 15) is 9.59 Å². The smallest absolute Gasteiger partial charge is 0.246 e. The maximum Gasteiger partial charge on any atom is 0.246 e. The Kier molecular flexibility index (Phi) is 8.74. The number of nitrogens with zero attached hydrogens (tertiary/aromatic N) is 2. The summed E-state index contributed by atoms with van der Waals surface area (Å²) in [6, 6.07) is 8.03. The van der Waals surface area contributed by atoms with Gasteiger partial charge in [0.25, 0.3) is 0 Å². The molecule has 0 aromatic heterocycles. The number of carbonyl (C=O) groups excluding carboxylic acids is 2. The van der Waals surface area contributed by atoms with Crippen molar-refractivity contribution in [2.24, 2.45) is 10.9 Å². The average molecular weight is 428 g/mol. The van der Waals surface area contributed by atoms with Gasteiger partial charge in [-0.05, 0) is 50.3 Å². The van der Waals surface area contributed by atoms with Gasteiger partial charge in [0.05, 0.1) is 0 Å². The molecule has 1 aromatic rings. The van der Waals surface area contributed by atoms with E-state index in [4.69, 9.17) is 0 Å². The Balaban J connectivity index is 1.50. The van der Waals surface area contributed by atoms with E-state index in [2.05, 4.69) is 27.9 Å². The largest absolute Gasteiger partial charge is 0.357 e. The number of benzene rings is 1. The molecule has 2 amide bonds. The molecule has 3 N–H and O–H groups in total. The van der Waals surface area contributed by atoms with Crippen LogP contribution in [0.25, 0.3) is 0 Å². The minimum absolute atomic E-state index is 0.0448. The Morgan fingerprint density at radius 2 is 1.94 bits per heavy atom. The zero-order chi connectivity index (χ0) is 22.1. The van der Waals surface area contributed by atoms with Crippen LogP contribution in [0.4, 0.5) is 5.69 Å². The van der Waals surface area contributed by atoms with Crippen LogP contribution in [0.2, 0.25) is 0 Å². The Hall–Kier alpha value is -2.57. The van der Waals surface area contributed by atoms with Crippen LogP contribution in [0, 0.1) is 5.92 Å². The number of rotatable bonds is 7. The molecule has 7 heteroatoms. The third-order valence-corrected chi connectivity index (χ3v) is 6.14. The van der Waals surface area contributed by atoms with Gasteiger partial charge in [0.15, 0.2) is 5.96 Å². The highest BCUT2D eigenvalue weighted by molar-refractivity contribution is 5.94. The van der Waals surface area contributed by atoms with Gasteiger partial charge in [-0.3, -0.25) is 9.59 Å². The lowest BCUT2D eigenvalue weighted by Gasteiger charge is -2.26. The molecule has 0 radical (unpaired) electrons. The summed E-state index contributed by atoms with van der Waals surface area (Å²) in [7, 11) is 0. The second kappa shape index (κ2) is 11.7. The van der Waals surface area contributed by atoms with Crippen molar-refractivity contribution in [3.05, 3.63) is 29.8 Å². The number of amides is 2. The summed E-state index contributed by atoms with van der Waals surface area (Å²) in [6.45, 7) is 6.34. The first kappa shape index (κ1) is 23.1. The summed E-state index contributed by atoms with van der Waals surface area (Å²) in [5, 5.41) is 9.53. The Labute approximate surface area is 186 Å². The minimum Gasteiger partial charge on any atom is -0.357 e. The van der Waals surface area contributed by atoms with Crippen molar-refractivity contribution in [2.75, 3.05) is 31.5 Å². The molecule has 1 aliphatic heterocycles. The first-order chi connectivity index (χ1) is 15.1. The van der Waals surface area contributed by atoms with Crippen LogP contribution in [0.5, 0.6) is 0 Å². The summed E-state index contributed by atoms with van der Waals surface area (Å²) in [4.78, 5) is 31.6. The zero-order valence-corrected chi connectivity index (χ0v) is 19.0. The average Bonchev–Trinajstić information content (AvgIpc) is 3.26. The molecule has 3 rings (SSSR count). The first-order valence-electron chi connectivity index (χ1n) is 11.8. The van der Waals surface area contributed by atoms with E-state index in [0.29, 0.717) is 25.0 Å². The van der Waals surface area contributed by atoms with Crippen molar-refractivity contribution in [3.8, 4) is 0 Å². The number of guanidine groups is 1. The fourth-order valence-corrected chi connectivity index (χ4v) is 4.42. The molecule has 0 spiro atoms. The summed E-state index contributed by atoms with van der Waals surface area (Å²) in [5.41, 5.74) is 1.98. The number of nitrogens with one attached hydrogen (secondary N) is 3. The van der Waals surface area contributed by atoms with Crippen molar-refractivity contribution in [1.82, 2.24) is 15.5 Å². The van der Waals surface area contributed by atoms with E-state index in [1.165, 1.54) is 24.8 Å². The topological polar surface area (TPSA) is 85.8 Å². The highest BCUT2D eigenvalue weighted by atomic mass is 16.2. The number of anilines is 1. The number of hydrogen-bond acceptors (Lipinski definition) is 3. The van der Waals surface area contributed by atoms with Gasteiger partial charge in [0, 0.05) is 37.3 Å². The molecule has 0 bridgehead atoms. The van der Waals surface area contributed by atoms with Gasteiger partial charge in [-0.25, -0.2) is 4.99 Å². The molecule has 1 saturated heterocycles. The van der Waals surface area contributed by atoms with E-state index in [1.54, 1.807) is 0 Å². The van der Waals surface area contributed by atoms with Gasteiger partial charge >= 0.3 is 0 Å². The van der Waals surface area contributed by atoms with E-state index in [0.717, 1.165) is 37.9 Å². The maximum atomic E-state index is 12.8. The molecule has 1 heterocycles. The van der Waals surface area contributed by atoms with E-state index in [1.807, 2.05) is 36.1 Å². The van der Waals surface area contributed by atoms with Crippen LogP contribution >= 0.6 is 0 Å². The number of aryl methyl sites for hydroxylation is 1. The van der Waals surface area contributed by atoms with Crippen LogP contribution in [0.1, 0.15) is 57.9 Å². The second-order valence-corrected chi connectivity index (χ2v) is 8.55. The van der Waals surface area contributed by atoms with E-state index >= 15 is 0 Å². The molecule has 31 heavy (non-hydrogen) atoms. The number of carbonyl (C=O) groups is 2. The van der Waals surface area contributed by atoms with Gasteiger partial charge in [-0.15, -0.1) is 0 Å². The van der Waals surface area contributed by atoms with Crippen molar-refractivity contribution in [2.45, 2.75) is 64.8 Å². The molecule has 1 atom stereocenters. The van der Waals surface area contributed by atoms with Crippen molar-refractivity contribution in [3.63, 3.8) is 0 Å². The summed E-state index contributed by atoms with van der Waals surface area (Å²) >= 11 is 0. The molecule has 1 aromatic carbocycles. The Morgan fingerprint density at radius 1 is 1.13 bits per heavy atom. The van der Waals surface area contributed by atoms with Crippen molar-refractivity contribution in [1.29, 1.82) is 0 Å². The molecular weight excluding hydrogens is 390 g/mol. The second-order valence-electron chi connectivity index (χ2n) is 8.55. The normalized spacial score (nSPS) is 19.9. The van der Waals surface area contributed by atoms with Crippen molar-refractivity contribution < 1.29 is 9.59 Å². The highest BCUT2D eigenvalue weighted by Gasteiger charge is 2.31. The van der Waals surface area contributed by atoms with Gasteiger partial charge in [0.2, 0.25) is 11.8 Å². The lowest BCUT2D eigenvalue weighted by atomic mass is 9.88. The quantitative estimate of drug-likeness (QED) is 0.461. The van der Waals surface area contributed by atoms with Gasteiger partial charge in [-0.1, -0.05) is 38.3 Å². The van der Waals surface area contributed by atoms with Crippen LogP contribution in [0.15, 0.2) is 29.3 Å². The fraction of sp³-hybridized carbons (Fsp3) is 0.625. The van der Waals surface area contributed by atoms with Gasteiger partial charge in [-0.2, -0.15) is 0 Å². The molecule has 1 unspecified atom stereocenters. The highest BCUT2D eigenvalue weighted by Crippen LogP contribution is 2.26. The van der Waals surface area contributed by atoms with Crippen molar-refractivity contribution >= 4 is 23.5 Å². The van der Waals surface area contributed by atoms with E-state index < -0.39 is 0 Å². The first-order valence-corrected chi connectivity index (χ1v) is 11.8. The number of aliphatic imine (C=N–C) groups is 1.